The van der Waals surface area contributed by atoms with Gasteiger partial charge in [-0.25, -0.2) is 0 Å². The monoisotopic (exact) mass is 293 g/mol. The number of carbonyl (C=O) groups excluding carboxylic acids is 1. The minimum atomic E-state index is -0.327. The van der Waals surface area contributed by atoms with Gasteiger partial charge in [-0.3, -0.25) is 4.79 Å². The van der Waals surface area contributed by atoms with Gasteiger partial charge in [-0.1, -0.05) is 0 Å². The molecule has 0 aliphatic heterocycles. The van der Waals surface area contributed by atoms with Crippen LogP contribution in [0, 0.1) is 0 Å². The highest BCUT2D eigenvalue weighted by molar-refractivity contribution is 5.69. The zero-order chi connectivity index (χ0) is 15.5. The summed E-state index contributed by atoms with van der Waals surface area (Å²) in [5.74, 6) is 0.201. The average Bonchev–Trinajstić information content (AvgIpc) is 2.47. The molecule has 1 aromatic rings. The molecule has 0 aromatic heterocycles. The summed E-state index contributed by atoms with van der Waals surface area (Å²) in [5, 5.41) is 3.18. The lowest BCUT2D eigenvalue weighted by atomic mass is 10.3. The van der Waals surface area contributed by atoms with E-state index in [2.05, 4.69) is 5.32 Å². The normalized spacial score (nSPS) is 10.0. The minimum Gasteiger partial charge on any atom is -0.427 e. The summed E-state index contributed by atoms with van der Waals surface area (Å²) < 4.78 is 15.8. The molecule has 1 aromatic carbocycles. The molecule has 1 N–H and O–H groups in total. The van der Waals surface area contributed by atoms with Gasteiger partial charge in [0, 0.05) is 32.0 Å². The van der Waals surface area contributed by atoms with E-state index < -0.39 is 0 Å². The largest absolute Gasteiger partial charge is 0.427 e. The number of carbonyl (C=O) groups is 1. The predicted molar refractivity (Wildman–Crippen MR) is 82.4 cm³/mol. The number of esters is 1. The van der Waals surface area contributed by atoms with Crippen molar-refractivity contribution in [2.45, 2.75) is 20.8 Å². The maximum atomic E-state index is 10.8. The molecule has 116 valence electrons. The number of benzene rings is 1. The highest BCUT2D eigenvalue weighted by atomic mass is 16.5. The van der Waals surface area contributed by atoms with Crippen LogP contribution in [-0.2, 0) is 14.3 Å². The van der Waals surface area contributed by atoms with Crippen LogP contribution in [0.4, 0.5) is 5.69 Å². The second-order valence-corrected chi connectivity index (χ2v) is 4.34. The molecule has 0 atom stereocenters. The zero-order valence-corrected chi connectivity index (χ0v) is 12.8. The second-order valence-electron chi connectivity index (χ2n) is 4.34. The Morgan fingerprint density at radius 3 is 2.14 bits per heavy atom. The third-order valence-electron chi connectivity index (χ3n) is 2.54. The van der Waals surface area contributed by atoms with Gasteiger partial charge in [-0.15, -0.1) is 0 Å². The van der Waals surface area contributed by atoms with E-state index in [1.54, 1.807) is 12.1 Å². The summed E-state index contributed by atoms with van der Waals surface area (Å²) in [4.78, 5) is 10.8. The molecule has 0 amide bonds. The van der Waals surface area contributed by atoms with Crippen LogP contribution in [0.25, 0.3) is 0 Å². The van der Waals surface area contributed by atoms with Crippen LogP contribution in [0.1, 0.15) is 20.8 Å². The van der Waals surface area contributed by atoms with Crippen LogP contribution in [0.3, 0.4) is 0 Å². The molecule has 5 heteroatoms. The molecule has 0 unspecified atom stereocenters. The fourth-order valence-corrected chi connectivity index (χ4v) is 1.56. The molecule has 0 aliphatic rings. The Morgan fingerprint density at radius 2 is 1.67 bits per heavy atom. The molecule has 0 heterocycles. The van der Waals surface area contributed by atoms with E-state index in [0.717, 1.165) is 11.3 Å². The number of rotatable bonds is 9. The molecule has 0 fully saturated rings. The Bertz CT molecular complexity index is 444. The molecule has 0 bridgehead atoms. The molecule has 0 saturated carbocycles. The second kappa shape index (κ2) is 9.96. The van der Waals surface area contributed by atoms with E-state index >= 15 is 0 Å². The first-order valence-corrected chi connectivity index (χ1v) is 7.04. The SMILES string of the molecule is CCOCC(=CNc1ccc(OC(C)=O)cc1)COCC. The summed E-state index contributed by atoms with van der Waals surface area (Å²) in [6.07, 6.45) is 1.88. The lowest BCUT2D eigenvalue weighted by Gasteiger charge is -2.09. The van der Waals surface area contributed by atoms with Crippen molar-refractivity contribution < 1.29 is 19.0 Å². The van der Waals surface area contributed by atoms with Gasteiger partial charge in [0.05, 0.1) is 13.2 Å². The van der Waals surface area contributed by atoms with Crippen molar-refractivity contribution in [2.24, 2.45) is 0 Å². The van der Waals surface area contributed by atoms with Gasteiger partial charge in [0.2, 0.25) is 0 Å². The standard InChI is InChI=1S/C16H23NO4/c1-4-19-11-14(12-20-5-2)10-17-15-6-8-16(9-7-15)21-13(3)18/h6-10,17H,4-5,11-12H2,1-3H3. The van der Waals surface area contributed by atoms with Gasteiger partial charge in [-0.05, 0) is 43.7 Å². The van der Waals surface area contributed by atoms with Crippen LogP contribution in [0.5, 0.6) is 5.75 Å². The maximum Gasteiger partial charge on any atom is 0.308 e. The molecular weight excluding hydrogens is 270 g/mol. The number of hydrogen-bond acceptors (Lipinski definition) is 5. The molecule has 0 aliphatic carbocycles. The Morgan fingerprint density at radius 1 is 1.10 bits per heavy atom. The number of ether oxygens (including phenoxy) is 3. The Kier molecular flexibility index (Phi) is 8.16. The Balaban J connectivity index is 2.59. The van der Waals surface area contributed by atoms with E-state index in [0.29, 0.717) is 32.2 Å². The van der Waals surface area contributed by atoms with E-state index in [4.69, 9.17) is 14.2 Å². The summed E-state index contributed by atoms with van der Waals surface area (Å²) in [5.41, 5.74) is 1.93. The van der Waals surface area contributed by atoms with Crippen molar-refractivity contribution in [3.05, 3.63) is 36.0 Å². The first-order valence-electron chi connectivity index (χ1n) is 7.04. The molecule has 0 saturated heterocycles. The van der Waals surface area contributed by atoms with Crippen LogP contribution in [0.2, 0.25) is 0 Å². The third-order valence-corrected chi connectivity index (χ3v) is 2.54. The minimum absolute atomic E-state index is 0.327. The molecular formula is C16H23NO4. The summed E-state index contributed by atoms with van der Waals surface area (Å²) in [6.45, 7) is 7.70. The van der Waals surface area contributed by atoms with Crippen LogP contribution >= 0.6 is 0 Å². The molecule has 0 radical (unpaired) electrons. The van der Waals surface area contributed by atoms with Crippen LogP contribution < -0.4 is 10.1 Å². The van der Waals surface area contributed by atoms with Gasteiger partial charge < -0.3 is 19.5 Å². The Hall–Kier alpha value is -1.85. The van der Waals surface area contributed by atoms with Crippen molar-refractivity contribution in [1.29, 1.82) is 0 Å². The summed E-state index contributed by atoms with van der Waals surface area (Å²) >= 11 is 0. The highest BCUT2D eigenvalue weighted by Crippen LogP contribution is 2.16. The predicted octanol–water partition coefficient (Wildman–Crippen LogP) is 2.98. The summed E-state index contributed by atoms with van der Waals surface area (Å²) in [6, 6.07) is 7.16. The van der Waals surface area contributed by atoms with Gasteiger partial charge >= 0.3 is 5.97 Å². The first kappa shape index (κ1) is 17.2. The molecule has 1 rings (SSSR count). The fourth-order valence-electron chi connectivity index (χ4n) is 1.56. The highest BCUT2D eigenvalue weighted by Gasteiger charge is 2.00. The number of anilines is 1. The van der Waals surface area contributed by atoms with Crippen molar-refractivity contribution in [1.82, 2.24) is 0 Å². The average molecular weight is 293 g/mol. The topological polar surface area (TPSA) is 56.8 Å². The van der Waals surface area contributed by atoms with Crippen molar-refractivity contribution in [3.63, 3.8) is 0 Å². The van der Waals surface area contributed by atoms with E-state index in [1.807, 2.05) is 32.2 Å². The van der Waals surface area contributed by atoms with E-state index in [-0.39, 0.29) is 5.97 Å². The van der Waals surface area contributed by atoms with E-state index in [9.17, 15) is 4.79 Å². The molecule has 5 nitrogen and oxygen atoms in total. The maximum absolute atomic E-state index is 10.8. The Labute approximate surface area is 125 Å². The number of hydrogen-bond donors (Lipinski definition) is 1. The lowest BCUT2D eigenvalue weighted by Crippen LogP contribution is -2.07. The van der Waals surface area contributed by atoms with Crippen molar-refractivity contribution in [2.75, 3.05) is 31.7 Å². The fraction of sp³-hybridized carbons (Fsp3) is 0.438. The third kappa shape index (κ3) is 7.48. The molecule has 21 heavy (non-hydrogen) atoms. The smallest absolute Gasteiger partial charge is 0.308 e. The van der Waals surface area contributed by atoms with Crippen molar-refractivity contribution >= 4 is 11.7 Å². The van der Waals surface area contributed by atoms with Gasteiger partial charge in [-0.2, -0.15) is 0 Å². The molecule has 0 spiro atoms. The quantitative estimate of drug-likeness (QED) is 0.560. The summed E-state index contributed by atoms with van der Waals surface area (Å²) in [7, 11) is 0. The zero-order valence-electron chi connectivity index (χ0n) is 12.8. The van der Waals surface area contributed by atoms with Gasteiger partial charge in [0.1, 0.15) is 5.75 Å². The van der Waals surface area contributed by atoms with E-state index in [1.165, 1.54) is 6.92 Å². The van der Waals surface area contributed by atoms with Crippen LogP contribution in [-0.4, -0.2) is 32.4 Å². The van der Waals surface area contributed by atoms with Gasteiger partial charge in [0.15, 0.2) is 0 Å². The lowest BCUT2D eigenvalue weighted by molar-refractivity contribution is -0.131. The van der Waals surface area contributed by atoms with Crippen LogP contribution in [0.15, 0.2) is 36.0 Å². The van der Waals surface area contributed by atoms with Crippen molar-refractivity contribution in [3.8, 4) is 5.75 Å². The number of nitrogens with one attached hydrogen (secondary N) is 1. The first-order chi connectivity index (χ1) is 10.2. The van der Waals surface area contributed by atoms with Gasteiger partial charge in [0.25, 0.3) is 0 Å².